The highest BCUT2D eigenvalue weighted by Crippen LogP contribution is 2.31. The van der Waals surface area contributed by atoms with Gasteiger partial charge in [0.2, 0.25) is 5.91 Å². The van der Waals surface area contributed by atoms with Crippen molar-refractivity contribution in [2.75, 3.05) is 24.5 Å². The number of fused-ring (bicyclic) bond motifs is 2. The monoisotopic (exact) mass is 374 g/mol. The topological polar surface area (TPSA) is 52.2 Å². The summed E-state index contributed by atoms with van der Waals surface area (Å²) >= 11 is 0. The van der Waals surface area contributed by atoms with Gasteiger partial charge in [-0.15, -0.1) is 0 Å². The molecule has 3 aromatic rings. The second kappa shape index (κ2) is 7.06. The summed E-state index contributed by atoms with van der Waals surface area (Å²) in [4.78, 5) is 25.6. The Bertz CT molecular complexity index is 1020. The molecule has 144 valence electrons. The third-order valence-electron chi connectivity index (χ3n) is 6.15. The van der Waals surface area contributed by atoms with Crippen LogP contribution < -0.4 is 4.90 Å². The molecule has 5 heteroatoms. The van der Waals surface area contributed by atoms with Gasteiger partial charge in [0, 0.05) is 18.2 Å². The number of hydrogen-bond donors (Lipinski definition) is 1. The van der Waals surface area contributed by atoms with Crippen LogP contribution in [0.25, 0.3) is 11.0 Å². The molecule has 5 rings (SSSR count). The molecule has 0 radical (unpaired) electrons. The summed E-state index contributed by atoms with van der Waals surface area (Å²) in [7, 11) is 0. The number of carbonyl (C=O) groups excluding carboxylic acids is 1. The molecule has 0 bridgehead atoms. The number of para-hydroxylation sites is 1. The van der Waals surface area contributed by atoms with Gasteiger partial charge in [-0.05, 0) is 68.6 Å². The predicted molar refractivity (Wildman–Crippen MR) is 111 cm³/mol. The summed E-state index contributed by atoms with van der Waals surface area (Å²) in [5.41, 5.74) is 5.79. The molecule has 2 aromatic carbocycles. The first kappa shape index (κ1) is 17.4. The maximum Gasteiger partial charge on any atom is 0.230 e. The third kappa shape index (κ3) is 3.20. The Hall–Kier alpha value is -2.66. The zero-order valence-electron chi connectivity index (χ0n) is 16.3. The standard InChI is InChI=1S/C23H26N4O/c1-16-6-7-19-20(14-16)25-22(24-19)15-26-11-8-18(9-12-26)23(28)27-13-10-17-4-2-3-5-21(17)27/h2-7,14,18H,8-13,15H2,1H3,(H,24,25). The molecule has 0 spiro atoms. The first-order chi connectivity index (χ1) is 13.7. The van der Waals surface area contributed by atoms with Crippen LogP contribution in [0.15, 0.2) is 42.5 Å². The van der Waals surface area contributed by atoms with Crippen LogP contribution in [0.2, 0.25) is 0 Å². The summed E-state index contributed by atoms with van der Waals surface area (Å²) in [6.45, 7) is 5.64. The van der Waals surface area contributed by atoms with E-state index in [1.54, 1.807) is 0 Å². The first-order valence-electron chi connectivity index (χ1n) is 10.2. The number of likely N-dealkylation sites (tertiary alicyclic amines) is 1. The van der Waals surface area contributed by atoms with Crippen molar-refractivity contribution >= 4 is 22.6 Å². The van der Waals surface area contributed by atoms with E-state index >= 15 is 0 Å². The van der Waals surface area contributed by atoms with Gasteiger partial charge in [0.05, 0.1) is 17.6 Å². The van der Waals surface area contributed by atoms with Crippen LogP contribution in [-0.4, -0.2) is 40.4 Å². The lowest BCUT2D eigenvalue weighted by Gasteiger charge is -2.32. The molecule has 1 saturated heterocycles. The smallest absolute Gasteiger partial charge is 0.230 e. The highest BCUT2D eigenvalue weighted by molar-refractivity contribution is 5.97. The lowest BCUT2D eigenvalue weighted by atomic mass is 9.95. The van der Waals surface area contributed by atoms with Crippen molar-refractivity contribution in [1.82, 2.24) is 14.9 Å². The molecule has 2 aliphatic heterocycles. The minimum absolute atomic E-state index is 0.140. The van der Waals surface area contributed by atoms with Gasteiger partial charge in [0.25, 0.3) is 0 Å². The van der Waals surface area contributed by atoms with Gasteiger partial charge in [-0.1, -0.05) is 24.3 Å². The van der Waals surface area contributed by atoms with Crippen LogP contribution in [0.1, 0.15) is 29.8 Å². The fraction of sp³-hybridized carbons (Fsp3) is 0.391. The highest BCUT2D eigenvalue weighted by atomic mass is 16.2. The number of amides is 1. The fourth-order valence-corrected chi connectivity index (χ4v) is 4.59. The number of aromatic nitrogens is 2. The van der Waals surface area contributed by atoms with E-state index in [1.165, 1.54) is 11.1 Å². The number of anilines is 1. The van der Waals surface area contributed by atoms with Crippen LogP contribution in [0.3, 0.4) is 0 Å². The number of rotatable bonds is 3. The minimum Gasteiger partial charge on any atom is -0.341 e. The normalized spacial score (nSPS) is 18.0. The van der Waals surface area contributed by atoms with Gasteiger partial charge < -0.3 is 9.88 Å². The molecule has 2 aliphatic rings. The maximum atomic E-state index is 13.1. The molecule has 3 heterocycles. The summed E-state index contributed by atoms with van der Waals surface area (Å²) in [5, 5.41) is 0. The lowest BCUT2D eigenvalue weighted by molar-refractivity contribution is -0.123. The largest absolute Gasteiger partial charge is 0.341 e. The summed E-state index contributed by atoms with van der Waals surface area (Å²) in [6.07, 6.45) is 2.83. The second-order valence-electron chi connectivity index (χ2n) is 8.12. The quantitative estimate of drug-likeness (QED) is 0.761. The molecule has 0 atom stereocenters. The van der Waals surface area contributed by atoms with E-state index in [2.05, 4.69) is 53.2 Å². The van der Waals surface area contributed by atoms with E-state index in [4.69, 9.17) is 4.98 Å². The number of hydrogen-bond acceptors (Lipinski definition) is 3. The molecule has 0 aliphatic carbocycles. The minimum atomic E-state index is 0.140. The van der Waals surface area contributed by atoms with Crippen molar-refractivity contribution in [3.63, 3.8) is 0 Å². The molecule has 1 fully saturated rings. The zero-order chi connectivity index (χ0) is 19.1. The van der Waals surface area contributed by atoms with Crippen LogP contribution in [0, 0.1) is 12.8 Å². The van der Waals surface area contributed by atoms with Gasteiger partial charge in [-0.25, -0.2) is 4.98 Å². The van der Waals surface area contributed by atoms with Crippen LogP contribution in [0.4, 0.5) is 5.69 Å². The lowest BCUT2D eigenvalue weighted by Crippen LogP contribution is -2.42. The molecule has 5 nitrogen and oxygen atoms in total. The Labute approximate surface area is 165 Å². The second-order valence-corrected chi connectivity index (χ2v) is 8.12. The van der Waals surface area contributed by atoms with E-state index in [0.717, 1.165) is 68.0 Å². The van der Waals surface area contributed by atoms with Gasteiger partial charge in [0.1, 0.15) is 5.82 Å². The van der Waals surface area contributed by atoms with Crippen molar-refractivity contribution < 1.29 is 4.79 Å². The summed E-state index contributed by atoms with van der Waals surface area (Å²) in [6, 6.07) is 14.6. The van der Waals surface area contributed by atoms with Gasteiger partial charge in [0.15, 0.2) is 0 Å². The summed E-state index contributed by atoms with van der Waals surface area (Å²) < 4.78 is 0. The SMILES string of the molecule is Cc1ccc2nc(CN3CCC(C(=O)N4CCc5ccccc54)CC3)[nH]c2c1. The highest BCUT2D eigenvalue weighted by Gasteiger charge is 2.32. The average molecular weight is 374 g/mol. The van der Waals surface area contributed by atoms with E-state index in [9.17, 15) is 4.79 Å². The zero-order valence-corrected chi connectivity index (χ0v) is 16.3. The van der Waals surface area contributed by atoms with Gasteiger partial charge >= 0.3 is 0 Å². The van der Waals surface area contributed by atoms with Crippen molar-refractivity contribution in [1.29, 1.82) is 0 Å². The molecular weight excluding hydrogens is 348 g/mol. The molecule has 1 N–H and O–H groups in total. The molecule has 0 unspecified atom stereocenters. The van der Waals surface area contributed by atoms with E-state index in [0.29, 0.717) is 5.91 Å². The number of piperidine rings is 1. The van der Waals surface area contributed by atoms with Crippen molar-refractivity contribution in [2.24, 2.45) is 5.92 Å². The van der Waals surface area contributed by atoms with Gasteiger partial charge in [-0.2, -0.15) is 0 Å². The number of aryl methyl sites for hydroxylation is 1. The molecule has 0 saturated carbocycles. The maximum absolute atomic E-state index is 13.1. The van der Waals surface area contributed by atoms with Crippen molar-refractivity contribution in [3.8, 4) is 0 Å². The van der Waals surface area contributed by atoms with E-state index < -0.39 is 0 Å². The number of benzene rings is 2. The van der Waals surface area contributed by atoms with Crippen molar-refractivity contribution in [2.45, 2.75) is 32.7 Å². The Morgan fingerprint density at radius 2 is 1.96 bits per heavy atom. The van der Waals surface area contributed by atoms with Crippen LogP contribution in [-0.2, 0) is 17.8 Å². The van der Waals surface area contributed by atoms with Crippen LogP contribution >= 0.6 is 0 Å². The Morgan fingerprint density at radius 3 is 2.82 bits per heavy atom. The van der Waals surface area contributed by atoms with E-state index in [1.807, 2.05) is 11.0 Å². The number of nitrogens with zero attached hydrogens (tertiary/aromatic N) is 3. The predicted octanol–water partition coefficient (Wildman–Crippen LogP) is 3.67. The number of carbonyl (C=O) groups is 1. The first-order valence-corrected chi connectivity index (χ1v) is 10.2. The van der Waals surface area contributed by atoms with Gasteiger partial charge in [-0.3, -0.25) is 9.69 Å². The number of imidazole rings is 1. The third-order valence-corrected chi connectivity index (χ3v) is 6.15. The van der Waals surface area contributed by atoms with E-state index in [-0.39, 0.29) is 5.92 Å². The van der Waals surface area contributed by atoms with Crippen molar-refractivity contribution in [3.05, 3.63) is 59.4 Å². The fourth-order valence-electron chi connectivity index (χ4n) is 4.59. The Kier molecular flexibility index (Phi) is 4.40. The molecule has 28 heavy (non-hydrogen) atoms. The number of H-pyrrole nitrogens is 1. The molecule has 1 aromatic heterocycles. The number of aromatic amines is 1. The molecule has 1 amide bonds. The van der Waals surface area contributed by atoms with Crippen LogP contribution in [0.5, 0.6) is 0 Å². The molecular formula is C23H26N4O. The summed E-state index contributed by atoms with van der Waals surface area (Å²) in [5.74, 6) is 1.46. The number of nitrogens with one attached hydrogen (secondary N) is 1. The Balaban J connectivity index is 1.21. The average Bonchev–Trinajstić information content (AvgIpc) is 3.31. The Morgan fingerprint density at radius 1 is 1.14 bits per heavy atom.